The Labute approximate surface area is 112 Å². The molecule has 0 aliphatic rings. The van der Waals surface area contributed by atoms with Gasteiger partial charge in [0.15, 0.2) is 0 Å². The molecule has 1 aromatic carbocycles. The topological polar surface area (TPSA) is 48.4 Å². The summed E-state index contributed by atoms with van der Waals surface area (Å²) in [7, 11) is 2.97. The first-order chi connectivity index (χ1) is 9.21. The van der Waals surface area contributed by atoms with Gasteiger partial charge in [0.25, 0.3) is 0 Å². The monoisotopic (exact) mass is 259 g/mol. The maximum atomic E-state index is 11.7. The van der Waals surface area contributed by atoms with Gasteiger partial charge in [0.2, 0.25) is 0 Å². The van der Waals surface area contributed by atoms with Gasteiger partial charge in [-0.15, -0.1) is 0 Å². The zero-order chi connectivity index (χ0) is 13.8. The summed E-state index contributed by atoms with van der Waals surface area (Å²) in [5, 5.41) is 0.756. The van der Waals surface area contributed by atoms with E-state index in [1.807, 2.05) is 12.1 Å². The van der Waals surface area contributed by atoms with Crippen LogP contribution in [0.15, 0.2) is 24.3 Å². The molecule has 0 fully saturated rings. The van der Waals surface area contributed by atoms with Gasteiger partial charge in [-0.1, -0.05) is 13.3 Å². The molecule has 4 heteroatoms. The van der Waals surface area contributed by atoms with E-state index in [2.05, 4.69) is 11.9 Å². The minimum Gasteiger partial charge on any atom is -0.494 e. The van der Waals surface area contributed by atoms with Gasteiger partial charge < -0.3 is 9.47 Å². The highest BCUT2D eigenvalue weighted by molar-refractivity contribution is 6.05. The third-order valence-electron chi connectivity index (χ3n) is 3.01. The average Bonchev–Trinajstić information content (AvgIpc) is 2.45. The predicted octanol–water partition coefficient (Wildman–Crippen LogP) is 2.98. The Morgan fingerprint density at radius 3 is 2.63 bits per heavy atom. The molecule has 1 heterocycles. The molecule has 19 heavy (non-hydrogen) atoms. The second-order valence-corrected chi connectivity index (χ2v) is 4.26. The van der Waals surface area contributed by atoms with Gasteiger partial charge in [0, 0.05) is 11.1 Å². The van der Waals surface area contributed by atoms with Crippen molar-refractivity contribution in [3.63, 3.8) is 0 Å². The number of carbonyl (C=O) groups excluding carboxylic acids is 1. The molecule has 100 valence electrons. The number of methoxy groups -OCH3 is 2. The van der Waals surface area contributed by atoms with Crippen molar-refractivity contribution in [2.24, 2.45) is 0 Å². The summed E-state index contributed by atoms with van der Waals surface area (Å²) in [6.45, 7) is 2.11. The van der Waals surface area contributed by atoms with Crippen LogP contribution in [0.1, 0.15) is 29.4 Å². The summed E-state index contributed by atoms with van der Waals surface area (Å²) in [5.74, 6) is 0.304. The highest BCUT2D eigenvalue weighted by atomic mass is 16.5. The Bertz CT molecular complexity index is 608. The van der Waals surface area contributed by atoms with Gasteiger partial charge in [-0.05, 0) is 30.7 Å². The molecule has 0 amide bonds. The Hall–Kier alpha value is -2.10. The summed E-state index contributed by atoms with van der Waals surface area (Å²) in [6.07, 6.45) is 1.93. The molecule has 0 spiro atoms. The third kappa shape index (κ3) is 2.52. The van der Waals surface area contributed by atoms with Crippen molar-refractivity contribution >= 4 is 16.9 Å². The zero-order valence-corrected chi connectivity index (χ0v) is 11.4. The van der Waals surface area contributed by atoms with Crippen LogP contribution in [-0.4, -0.2) is 25.2 Å². The van der Waals surface area contributed by atoms with Crippen LogP contribution in [0.5, 0.6) is 5.75 Å². The number of carbonyl (C=O) groups is 1. The number of ether oxygens (including phenoxy) is 2. The van der Waals surface area contributed by atoms with E-state index in [0.717, 1.165) is 23.9 Å². The molecule has 0 saturated carbocycles. The summed E-state index contributed by atoms with van der Waals surface area (Å²) in [5.41, 5.74) is 2.21. The van der Waals surface area contributed by atoms with Gasteiger partial charge in [0.05, 0.1) is 19.8 Å². The summed E-state index contributed by atoms with van der Waals surface area (Å²) < 4.78 is 10.1. The number of nitrogens with zero attached hydrogens (tertiary/aromatic N) is 1. The maximum Gasteiger partial charge on any atom is 0.338 e. The lowest BCUT2D eigenvalue weighted by Gasteiger charge is -2.10. The highest BCUT2D eigenvalue weighted by Gasteiger charge is 2.14. The van der Waals surface area contributed by atoms with Crippen LogP contribution < -0.4 is 4.74 Å². The predicted molar refractivity (Wildman–Crippen MR) is 73.6 cm³/mol. The normalized spacial score (nSPS) is 10.5. The lowest BCUT2D eigenvalue weighted by atomic mass is 10.1. The van der Waals surface area contributed by atoms with Gasteiger partial charge in [-0.2, -0.15) is 0 Å². The Morgan fingerprint density at radius 1 is 1.21 bits per heavy atom. The molecule has 2 rings (SSSR count). The Morgan fingerprint density at radius 2 is 2.00 bits per heavy atom. The summed E-state index contributed by atoms with van der Waals surface area (Å²) in [4.78, 5) is 16.3. The zero-order valence-electron chi connectivity index (χ0n) is 11.4. The van der Waals surface area contributed by atoms with Crippen molar-refractivity contribution in [3.05, 3.63) is 35.5 Å². The third-order valence-corrected chi connectivity index (χ3v) is 3.01. The maximum absolute atomic E-state index is 11.7. The second-order valence-electron chi connectivity index (χ2n) is 4.26. The molecule has 0 N–H and O–H groups in total. The SMILES string of the molecule is CCCc1ccc2c(C(=O)OC)ccc(OC)c2n1. The van der Waals surface area contributed by atoms with E-state index in [1.165, 1.54) is 7.11 Å². The fourth-order valence-corrected chi connectivity index (χ4v) is 2.08. The fraction of sp³-hybridized carbons (Fsp3) is 0.333. The second kappa shape index (κ2) is 5.69. The van der Waals surface area contributed by atoms with E-state index in [9.17, 15) is 4.79 Å². The largest absolute Gasteiger partial charge is 0.494 e. The van der Waals surface area contributed by atoms with E-state index < -0.39 is 0 Å². The van der Waals surface area contributed by atoms with Gasteiger partial charge in [-0.3, -0.25) is 0 Å². The van der Waals surface area contributed by atoms with E-state index >= 15 is 0 Å². The van der Waals surface area contributed by atoms with Crippen LogP contribution >= 0.6 is 0 Å². The first kappa shape index (κ1) is 13.3. The molecule has 1 aromatic heterocycles. The number of fused-ring (bicyclic) bond motifs is 1. The van der Waals surface area contributed by atoms with Crippen LogP contribution in [0, 0.1) is 0 Å². The number of hydrogen-bond donors (Lipinski definition) is 0. The van der Waals surface area contributed by atoms with Crippen molar-refractivity contribution in [2.75, 3.05) is 14.2 Å². The number of rotatable bonds is 4. The molecule has 0 unspecified atom stereocenters. The molecular weight excluding hydrogens is 242 g/mol. The molecule has 0 aliphatic carbocycles. The summed E-state index contributed by atoms with van der Waals surface area (Å²) in [6, 6.07) is 7.30. The van der Waals surface area contributed by atoms with Crippen LogP contribution in [0.25, 0.3) is 10.9 Å². The minimum atomic E-state index is -0.363. The number of esters is 1. The van der Waals surface area contributed by atoms with Crippen molar-refractivity contribution in [1.82, 2.24) is 4.98 Å². The van der Waals surface area contributed by atoms with Gasteiger partial charge in [0.1, 0.15) is 11.3 Å². The number of hydrogen-bond acceptors (Lipinski definition) is 4. The van der Waals surface area contributed by atoms with Gasteiger partial charge >= 0.3 is 5.97 Å². The quantitative estimate of drug-likeness (QED) is 0.792. The first-order valence-electron chi connectivity index (χ1n) is 6.26. The number of benzene rings is 1. The van der Waals surface area contributed by atoms with Crippen LogP contribution in [0.4, 0.5) is 0 Å². The van der Waals surface area contributed by atoms with Crippen LogP contribution in [0.2, 0.25) is 0 Å². The molecule has 4 nitrogen and oxygen atoms in total. The van der Waals surface area contributed by atoms with E-state index in [4.69, 9.17) is 9.47 Å². The number of aryl methyl sites for hydroxylation is 1. The lowest BCUT2D eigenvalue weighted by molar-refractivity contribution is 0.0603. The standard InChI is InChI=1S/C15H17NO3/c1-4-5-10-6-7-11-12(15(17)19-3)8-9-13(18-2)14(11)16-10/h6-9H,4-5H2,1-3H3. The Kier molecular flexibility index (Phi) is 4.00. The van der Waals surface area contributed by atoms with Crippen molar-refractivity contribution in [2.45, 2.75) is 19.8 Å². The van der Waals surface area contributed by atoms with E-state index in [0.29, 0.717) is 16.8 Å². The van der Waals surface area contributed by atoms with E-state index in [-0.39, 0.29) is 5.97 Å². The molecule has 0 aliphatic heterocycles. The first-order valence-corrected chi connectivity index (χ1v) is 6.26. The molecular formula is C15H17NO3. The number of pyridine rings is 1. The van der Waals surface area contributed by atoms with Crippen molar-refractivity contribution in [3.8, 4) is 5.75 Å². The minimum absolute atomic E-state index is 0.363. The Balaban J connectivity index is 2.66. The van der Waals surface area contributed by atoms with Gasteiger partial charge in [-0.25, -0.2) is 9.78 Å². The molecule has 0 atom stereocenters. The number of aromatic nitrogens is 1. The smallest absolute Gasteiger partial charge is 0.338 e. The lowest BCUT2D eigenvalue weighted by Crippen LogP contribution is -2.04. The van der Waals surface area contributed by atoms with E-state index in [1.54, 1.807) is 19.2 Å². The molecule has 0 saturated heterocycles. The van der Waals surface area contributed by atoms with Crippen LogP contribution in [-0.2, 0) is 11.2 Å². The molecule has 0 bridgehead atoms. The fourth-order valence-electron chi connectivity index (χ4n) is 2.08. The van der Waals surface area contributed by atoms with Crippen molar-refractivity contribution in [1.29, 1.82) is 0 Å². The molecule has 2 aromatic rings. The highest BCUT2D eigenvalue weighted by Crippen LogP contribution is 2.27. The summed E-state index contributed by atoms with van der Waals surface area (Å²) >= 11 is 0. The molecule has 0 radical (unpaired) electrons. The average molecular weight is 259 g/mol. The van der Waals surface area contributed by atoms with Crippen molar-refractivity contribution < 1.29 is 14.3 Å². The van der Waals surface area contributed by atoms with Crippen LogP contribution in [0.3, 0.4) is 0 Å².